The highest BCUT2D eigenvalue weighted by Crippen LogP contribution is 2.20. The molecule has 0 aliphatic carbocycles. The number of halogens is 1. The molecule has 0 saturated heterocycles. The second-order valence-corrected chi connectivity index (χ2v) is 9.97. The van der Waals surface area contributed by atoms with E-state index >= 15 is 0 Å². The third kappa shape index (κ3) is 7.96. The van der Waals surface area contributed by atoms with Crippen molar-refractivity contribution < 1.29 is 14.3 Å². The quantitative estimate of drug-likeness (QED) is 0.366. The van der Waals surface area contributed by atoms with Gasteiger partial charge in [0.2, 0.25) is 5.91 Å². The molecule has 184 valence electrons. The molecular formula is C29H33BrN2O3. The normalized spacial score (nSPS) is 11.7. The minimum absolute atomic E-state index is 0.0459. The van der Waals surface area contributed by atoms with Gasteiger partial charge in [0.1, 0.15) is 11.8 Å². The molecule has 2 amide bonds. The Hall–Kier alpha value is -3.12. The summed E-state index contributed by atoms with van der Waals surface area (Å²) in [6, 6.07) is 22.6. The lowest BCUT2D eigenvalue weighted by Crippen LogP contribution is -2.52. The highest BCUT2D eigenvalue weighted by Gasteiger charge is 2.31. The van der Waals surface area contributed by atoms with Gasteiger partial charge in [-0.2, -0.15) is 0 Å². The van der Waals surface area contributed by atoms with Gasteiger partial charge in [-0.25, -0.2) is 0 Å². The van der Waals surface area contributed by atoms with Crippen molar-refractivity contribution in [3.63, 3.8) is 0 Å². The molecule has 0 radical (unpaired) electrons. The fraction of sp³-hybridized carbons (Fsp3) is 0.310. The molecule has 0 spiro atoms. The topological polar surface area (TPSA) is 58.6 Å². The Labute approximate surface area is 216 Å². The number of benzene rings is 3. The SMILES string of the molecule is Cc1ccc(OCC(=O)N(Cc2cccc(Br)c2)[C@H](Cc2ccccc2)C(=O)NC(C)C)cc1C. The van der Waals surface area contributed by atoms with E-state index in [9.17, 15) is 9.59 Å². The van der Waals surface area contributed by atoms with Gasteiger partial charge >= 0.3 is 0 Å². The Morgan fingerprint density at radius 3 is 2.29 bits per heavy atom. The first-order chi connectivity index (χ1) is 16.7. The van der Waals surface area contributed by atoms with E-state index in [0.717, 1.165) is 26.7 Å². The Kier molecular flexibility index (Phi) is 9.49. The second-order valence-electron chi connectivity index (χ2n) is 9.06. The molecule has 0 heterocycles. The monoisotopic (exact) mass is 536 g/mol. The van der Waals surface area contributed by atoms with E-state index in [1.54, 1.807) is 4.90 Å². The van der Waals surface area contributed by atoms with Crippen LogP contribution in [0, 0.1) is 13.8 Å². The lowest BCUT2D eigenvalue weighted by atomic mass is 10.0. The van der Waals surface area contributed by atoms with E-state index in [0.29, 0.717) is 12.2 Å². The Bertz CT molecular complexity index is 1150. The molecule has 6 heteroatoms. The second kappa shape index (κ2) is 12.5. The summed E-state index contributed by atoms with van der Waals surface area (Å²) in [5.41, 5.74) is 4.17. The molecule has 0 aromatic heterocycles. The lowest BCUT2D eigenvalue weighted by molar-refractivity contribution is -0.143. The molecule has 0 saturated carbocycles. The van der Waals surface area contributed by atoms with Gasteiger partial charge in [0, 0.05) is 23.5 Å². The van der Waals surface area contributed by atoms with Gasteiger partial charge in [-0.1, -0.05) is 64.5 Å². The maximum absolute atomic E-state index is 13.6. The number of hydrogen-bond donors (Lipinski definition) is 1. The summed E-state index contributed by atoms with van der Waals surface area (Å²) in [4.78, 5) is 28.6. The molecule has 0 aliphatic rings. The zero-order valence-electron chi connectivity index (χ0n) is 20.8. The standard InChI is InChI=1S/C29H33BrN2O3/c1-20(2)31-29(34)27(17-23-9-6-5-7-10-23)32(18-24-11-8-12-25(30)16-24)28(33)19-35-26-14-13-21(3)22(4)15-26/h5-16,20,27H,17-19H2,1-4H3,(H,31,34)/t27-/m1/s1. The average molecular weight is 537 g/mol. The van der Waals surface area contributed by atoms with Crippen LogP contribution in [0.5, 0.6) is 5.75 Å². The Balaban J connectivity index is 1.91. The predicted molar refractivity (Wildman–Crippen MR) is 143 cm³/mol. The number of ether oxygens (including phenoxy) is 1. The number of amides is 2. The fourth-order valence-corrected chi connectivity index (χ4v) is 4.25. The number of nitrogens with zero attached hydrogens (tertiary/aromatic N) is 1. The summed E-state index contributed by atoms with van der Waals surface area (Å²) >= 11 is 3.51. The van der Waals surface area contributed by atoms with Crippen LogP contribution in [0.3, 0.4) is 0 Å². The molecule has 3 rings (SSSR count). The van der Waals surface area contributed by atoms with Crippen LogP contribution in [0.2, 0.25) is 0 Å². The molecule has 35 heavy (non-hydrogen) atoms. The fourth-order valence-electron chi connectivity index (χ4n) is 3.80. The van der Waals surface area contributed by atoms with Gasteiger partial charge in [0.05, 0.1) is 0 Å². The van der Waals surface area contributed by atoms with Crippen molar-refractivity contribution in [3.8, 4) is 5.75 Å². The highest BCUT2D eigenvalue weighted by atomic mass is 79.9. The minimum Gasteiger partial charge on any atom is -0.484 e. The van der Waals surface area contributed by atoms with Crippen molar-refractivity contribution in [1.82, 2.24) is 10.2 Å². The van der Waals surface area contributed by atoms with Gasteiger partial charge < -0.3 is 15.0 Å². The van der Waals surface area contributed by atoms with Crippen molar-refractivity contribution in [2.75, 3.05) is 6.61 Å². The van der Waals surface area contributed by atoms with E-state index in [2.05, 4.69) is 21.2 Å². The van der Waals surface area contributed by atoms with Crippen LogP contribution in [0.25, 0.3) is 0 Å². The van der Waals surface area contributed by atoms with Gasteiger partial charge in [0.25, 0.3) is 5.91 Å². The number of rotatable bonds is 10. The number of hydrogen-bond acceptors (Lipinski definition) is 3. The van der Waals surface area contributed by atoms with Crippen LogP contribution in [-0.4, -0.2) is 35.4 Å². The lowest BCUT2D eigenvalue weighted by Gasteiger charge is -2.32. The minimum atomic E-state index is -0.686. The summed E-state index contributed by atoms with van der Waals surface area (Å²) in [5.74, 6) is 0.205. The van der Waals surface area contributed by atoms with Crippen molar-refractivity contribution in [3.05, 3.63) is 99.5 Å². The van der Waals surface area contributed by atoms with E-state index in [4.69, 9.17) is 4.74 Å². The summed E-state index contributed by atoms with van der Waals surface area (Å²) in [7, 11) is 0. The van der Waals surface area contributed by atoms with Crippen LogP contribution in [0.15, 0.2) is 77.3 Å². The van der Waals surface area contributed by atoms with Crippen molar-refractivity contribution >= 4 is 27.7 Å². The summed E-state index contributed by atoms with van der Waals surface area (Å²) in [6.07, 6.45) is 0.406. The number of nitrogens with one attached hydrogen (secondary N) is 1. The molecule has 1 atom stereocenters. The summed E-state index contributed by atoms with van der Waals surface area (Å²) < 4.78 is 6.79. The number of carbonyl (C=O) groups excluding carboxylic acids is 2. The first-order valence-electron chi connectivity index (χ1n) is 11.8. The van der Waals surface area contributed by atoms with Crippen LogP contribution in [0.1, 0.15) is 36.1 Å². The van der Waals surface area contributed by atoms with E-state index in [1.807, 2.05) is 100 Å². The van der Waals surface area contributed by atoms with Crippen LogP contribution < -0.4 is 10.1 Å². The Morgan fingerprint density at radius 2 is 1.63 bits per heavy atom. The van der Waals surface area contributed by atoms with Crippen LogP contribution >= 0.6 is 15.9 Å². The third-order valence-corrected chi connectivity index (χ3v) is 6.28. The zero-order valence-corrected chi connectivity index (χ0v) is 22.3. The molecule has 0 unspecified atom stereocenters. The van der Waals surface area contributed by atoms with Gasteiger partial charge in [-0.15, -0.1) is 0 Å². The molecule has 1 N–H and O–H groups in total. The van der Waals surface area contributed by atoms with E-state index in [-0.39, 0.29) is 31.0 Å². The largest absolute Gasteiger partial charge is 0.484 e. The smallest absolute Gasteiger partial charge is 0.261 e. The van der Waals surface area contributed by atoms with E-state index < -0.39 is 6.04 Å². The molecule has 0 bridgehead atoms. The third-order valence-electron chi connectivity index (χ3n) is 5.78. The van der Waals surface area contributed by atoms with Crippen molar-refractivity contribution in [2.45, 2.75) is 52.7 Å². The van der Waals surface area contributed by atoms with Gasteiger partial charge in [-0.05, 0) is 74.2 Å². The molecule has 5 nitrogen and oxygen atoms in total. The maximum atomic E-state index is 13.6. The molecule has 3 aromatic rings. The number of carbonyl (C=O) groups is 2. The highest BCUT2D eigenvalue weighted by molar-refractivity contribution is 9.10. The average Bonchev–Trinajstić information content (AvgIpc) is 2.82. The molecule has 3 aromatic carbocycles. The zero-order chi connectivity index (χ0) is 25.4. The predicted octanol–water partition coefficient (Wildman–Crippen LogP) is 5.61. The van der Waals surface area contributed by atoms with Crippen LogP contribution in [0.4, 0.5) is 0 Å². The summed E-state index contributed by atoms with van der Waals surface area (Å²) in [6.45, 7) is 8.01. The van der Waals surface area contributed by atoms with E-state index in [1.165, 1.54) is 0 Å². The molecular weight excluding hydrogens is 504 g/mol. The molecule has 0 fully saturated rings. The van der Waals surface area contributed by atoms with Gasteiger partial charge in [0.15, 0.2) is 6.61 Å². The first-order valence-corrected chi connectivity index (χ1v) is 12.6. The Morgan fingerprint density at radius 1 is 0.914 bits per heavy atom. The molecule has 0 aliphatic heterocycles. The van der Waals surface area contributed by atoms with Gasteiger partial charge in [-0.3, -0.25) is 9.59 Å². The van der Waals surface area contributed by atoms with Crippen LogP contribution in [-0.2, 0) is 22.6 Å². The van der Waals surface area contributed by atoms with Crippen molar-refractivity contribution in [1.29, 1.82) is 0 Å². The first kappa shape index (κ1) is 26.5. The summed E-state index contributed by atoms with van der Waals surface area (Å²) in [5, 5.41) is 3.00. The maximum Gasteiger partial charge on any atom is 0.261 e. The van der Waals surface area contributed by atoms with Crippen molar-refractivity contribution in [2.24, 2.45) is 0 Å². The number of aryl methyl sites for hydroxylation is 2.